The van der Waals surface area contributed by atoms with Crippen molar-refractivity contribution >= 4 is 28.5 Å². The number of imidazole rings is 1. The maximum Gasteiger partial charge on any atom is 0.253 e. The number of aromatic nitrogens is 4. The van der Waals surface area contributed by atoms with Gasteiger partial charge >= 0.3 is 0 Å². The number of amides is 1. The normalized spacial score (nSPS) is 11.4. The van der Waals surface area contributed by atoms with E-state index in [1.54, 1.807) is 46.6 Å². The lowest BCUT2D eigenvalue weighted by molar-refractivity contribution is 0.100. The third-order valence-electron chi connectivity index (χ3n) is 4.42. The Balaban J connectivity index is 2.23. The zero-order valence-electron chi connectivity index (χ0n) is 13.7. The number of carbonyl (C=O) groups is 1. The maximum atomic E-state index is 12.0. The summed E-state index contributed by atoms with van der Waals surface area (Å²) >= 11 is 0. The summed E-state index contributed by atoms with van der Waals surface area (Å²) in [5, 5.41) is 10.6. The standard InChI is InChI=1S/C17H16N6O2/c1-8-3-4-11(24)9(2)13(8)23-14(18)12(15(19)25)10-7-22-6-5-20-17(22)21-16(10)23/h3-7,24H,18H2,1-2H3,(H2,19,25). The van der Waals surface area contributed by atoms with Gasteiger partial charge in [0.25, 0.3) is 5.91 Å². The average Bonchev–Trinajstić information content (AvgIpc) is 3.11. The molecule has 0 spiro atoms. The highest BCUT2D eigenvalue weighted by atomic mass is 16.3. The van der Waals surface area contributed by atoms with Gasteiger partial charge in [-0.3, -0.25) is 13.8 Å². The summed E-state index contributed by atoms with van der Waals surface area (Å²) in [5.41, 5.74) is 14.7. The molecule has 3 heterocycles. The maximum absolute atomic E-state index is 12.0. The first kappa shape index (κ1) is 15.0. The molecule has 0 bridgehead atoms. The first-order chi connectivity index (χ1) is 11.9. The Kier molecular flexibility index (Phi) is 2.98. The van der Waals surface area contributed by atoms with Gasteiger partial charge in [-0.05, 0) is 25.5 Å². The van der Waals surface area contributed by atoms with Crippen LogP contribution in [0.1, 0.15) is 21.5 Å². The highest BCUT2D eigenvalue weighted by Gasteiger charge is 2.24. The van der Waals surface area contributed by atoms with E-state index in [2.05, 4.69) is 9.97 Å². The predicted molar refractivity (Wildman–Crippen MR) is 93.9 cm³/mol. The quantitative estimate of drug-likeness (QED) is 0.513. The number of primary amides is 1. The van der Waals surface area contributed by atoms with Crippen molar-refractivity contribution in [1.29, 1.82) is 0 Å². The fourth-order valence-corrected chi connectivity index (χ4v) is 3.21. The lowest BCUT2D eigenvalue weighted by Gasteiger charge is -2.15. The van der Waals surface area contributed by atoms with Gasteiger partial charge in [-0.25, -0.2) is 4.98 Å². The second kappa shape index (κ2) is 4.97. The van der Waals surface area contributed by atoms with E-state index in [4.69, 9.17) is 11.5 Å². The van der Waals surface area contributed by atoms with Crippen LogP contribution in [0.3, 0.4) is 0 Å². The highest BCUT2D eigenvalue weighted by Crippen LogP contribution is 2.35. The lowest BCUT2D eigenvalue weighted by Crippen LogP contribution is -2.14. The molecular formula is C17H16N6O2. The third-order valence-corrected chi connectivity index (χ3v) is 4.42. The van der Waals surface area contributed by atoms with Gasteiger partial charge in [0.1, 0.15) is 11.6 Å². The molecule has 8 heteroatoms. The van der Waals surface area contributed by atoms with Gasteiger partial charge < -0.3 is 16.6 Å². The number of hydrogen-bond donors (Lipinski definition) is 3. The molecule has 3 aromatic heterocycles. The minimum atomic E-state index is -0.641. The molecule has 0 fully saturated rings. The molecule has 0 radical (unpaired) electrons. The van der Waals surface area contributed by atoms with Crippen LogP contribution in [0.25, 0.3) is 22.5 Å². The Morgan fingerprint density at radius 1 is 1.28 bits per heavy atom. The van der Waals surface area contributed by atoms with E-state index >= 15 is 0 Å². The van der Waals surface area contributed by atoms with Crippen molar-refractivity contribution in [2.24, 2.45) is 5.73 Å². The lowest BCUT2D eigenvalue weighted by atomic mass is 10.1. The number of carbonyl (C=O) groups excluding carboxylic acids is 1. The van der Waals surface area contributed by atoms with E-state index in [1.807, 2.05) is 6.92 Å². The van der Waals surface area contributed by atoms with Gasteiger partial charge in [0, 0.05) is 24.2 Å². The first-order valence-electron chi connectivity index (χ1n) is 7.63. The van der Waals surface area contributed by atoms with Crippen molar-refractivity contribution in [1.82, 2.24) is 18.9 Å². The van der Waals surface area contributed by atoms with Crippen LogP contribution in [0.5, 0.6) is 5.75 Å². The molecule has 4 rings (SSSR count). The third kappa shape index (κ3) is 1.97. The van der Waals surface area contributed by atoms with Crippen LogP contribution < -0.4 is 11.5 Å². The number of rotatable bonds is 2. The number of phenols is 1. The van der Waals surface area contributed by atoms with Crippen LogP contribution >= 0.6 is 0 Å². The van der Waals surface area contributed by atoms with Crippen LogP contribution in [-0.2, 0) is 0 Å². The van der Waals surface area contributed by atoms with Crippen LogP contribution in [0.4, 0.5) is 5.82 Å². The molecule has 8 nitrogen and oxygen atoms in total. The molecule has 0 aliphatic heterocycles. The topological polar surface area (TPSA) is 124 Å². The second-order valence-corrected chi connectivity index (χ2v) is 5.95. The summed E-state index contributed by atoms with van der Waals surface area (Å²) in [6.45, 7) is 3.67. The van der Waals surface area contributed by atoms with Gasteiger partial charge in [-0.15, -0.1) is 0 Å². The van der Waals surface area contributed by atoms with Crippen molar-refractivity contribution in [3.8, 4) is 11.4 Å². The molecule has 4 aromatic rings. The van der Waals surface area contributed by atoms with Gasteiger partial charge in [-0.1, -0.05) is 6.07 Å². The minimum absolute atomic E-state index is 0.129. The number of hydrogen-bond acceptors (Lipinski definition) is 5. The van der Waals surface area contributed by atoms with E-state index in [-0.39, 0.29) is 17.1 Å². The molecule has 5 N–H and O–H groups in total. The molecule has 25 heavy (non-hydrogen) atoms. The summed E-state index contributed by atoms with van der Waals surface area (Å²) in [6.07, 6.45) is 5.07. The van der Waals surface area contributed by atoms with Crippen LogP contribution in [-0.4, -0.2) is 29.9 Å². The Labute approximate surface area is 142 Å². The van der Waals surface area contributed by atoms with E-state index in [1.165, 1.54) is 0 Å². The van der Waals surface area contributed by atoms with Crippen LogP contribution in [0.15, 0.2) is 30.7 Å². The average molecular weight is 336 g/mol. The summed E-state index contributed by atoms with van der Waals surface area (Å²) in [4.78, 5) is 20.7. The molecule has 0 aliphatic rings. The minimum Gasteiger partial charge on any atom is -0.508 e. The summed E-state index contributed by atoms with van der Waals surface area (Å²) in [6, 6.07) is 3.40. The molecule has 0 unspecified atom stereocenters. The van der Waals surface area contributed by atoms with E-state index in [9.17, 15) is 9.90 Å². The molecule has 1 amide bonds. The van der Waals surface area contributed by atoms with Gasteiger partial charge in [0.2, 0.25) is 5.78 Å². The summed E-state index contributed by atoms with van der Waals surface area (Å²) < 4.78 is 3.34. The Hall–Kier alpha value is -3.55. The van der Waals surface area contributed by atoms with Crippen molar-refractivity contribution in [3.05, 3.63) is 47.4 Å². The second-order valence-electron chi connectivity index (χ2n) is 5.95. The Morgan fingerprint density at radius 3 is 2.76 bits per heavy atom. The zero-order valence-corrected chi connectivity index (χ0v) is 13.7. The van der Waals surface area contributed by atoms with E-state index in [0.717, 1.165) is 5.56 Å². The summed E-state index contributed by atoms with van der Waals surface area (Å²) in [5.74, 6) is 0.139. The first-order valence-corrected chi connectivity index (χ1v) is 7.63. The molecule has 0 atom stereocenters. The number of nitrogens with zero attached hydrogens (tertiary/aromatic N) is 4. The molecule has 0 saturated carbocycles. The van der Waals surface area contributed by atoms with Crippen LogP contribution in [0.2, 0.25) is 0 Å². The van der Waals surface area contributed by atoms with Gasteiger partial charge in [0.15, 0.2) is 5.65 Å². The Morgan fingerprint density at radius 2 is 2.04 bits per heavy atom. The van der Waals surface area contributed by atoms with Crippen molar-refractivity contribution in [2.75, 3.05) is 5.73 Å². The number of anilines is 1. The largest absolute Gasteiger partial charge is 0.508 e. The number of nitrogens with two attached hydrogens (primary N) is 2. The fourth-order valence-electron chi connectivity index (χ4n) is 3.21. The number of benzene rings is 1. The Bertz CT molecular complexity index is 1170. The molecule has 1 aromatic carbocycles. The predicted octanol–water partition coefficient (Wildman–Crippen LogP) is 1.68. The number of nitrogen functional groups attached to an aromatic ring is 1. The van der Waals surface area contributed by atoms with Crippen molar-refractivity contribution < 1.29 is 9.90 Å². The summed E-state index contributed by atoms with van der Waals surface area (Å²) in [7, 11) is 0. The van der Waals surface area contributed by atoms with Crippen molar-refractivity contribution in [2.45, 2.75) is 13.8 Å². The van der Waals surface area contributed by atoms with Gasteiger partial charge in [-0.2, -0.15) is 4.98 Å². The smallest absolute Gasteiger partial charge is 0.253 e. The number of aryl methyl sites for hydroxylation is 1. The number of phenolic OH excluding ortho intramolecular Hbond substituents is 1. The van der Waals surface area contributed by atoms with E-state index < -0.39 is 5.91 Å². The number of fused-ring (bicyclic) bond motifs is 2. The fraction of sp³-hybridized carbons (Fsp3) is 0.118. The molecule has 0 saturated heterocycles. The zero-order chi connectivity index (χ0) is 17.9. The molecular weight excluding hydrogens is 320 g/mol. The monoisotopic (exact) mass is 336 g/mol. The van der Waals surface area contributed by atoms with Crippen molar-refractivity contribution in [3.63, 3.8) is 0 Å². The SMILES string of the molecule is Cc1ccc(O)c(C)c1-n1c(N)c(C(N)=O)c2cn3ccnc3nc21. The van der Waals surface area contributed by atoms with Gasteiger partial charge in [0.05, 0.1) is 16.6 Å². The number of aromatic hydroxyl groups is 1. The van der Waals surface area contributed by atoms with Crippen LogP contribution in [0, 0.1) is 13.8 Å². The van der Waals surface area contributed by atoms with E-state index in [0.29, 0.717) is 28.1 Å². The molecule has 0 aliphatic carbocycles. The highest BCUT2D eigenvalue weighted by molar-refractivity contribution is 6.11. The molecule has 126 valence electrons.